The first-order valence-corrected chi connectivity index (χ1v) is 11.2. The number of hydrogen-bond acceptors (Lipinski definition) is 4. The van der Waals surface area contributed by atoms with Crippen LogP contribution in [0.3, 0.4) is 0 Å². The number of carbonyl (C=O) groups is 1. The second kappa shape index (κ2) is 10.9. The van der Waals surface area contributed by atoms with Gasteiger partial charge >= 0.3 is 6.18 Å². The minimum absolute atomic E-state index is 0.0536. The second-order valence-electron chi connectivity index (χ2n) is 8.21. The van der Waals surface area contributed by atoms with Gasteiger partial charge in [-0.1, -0.05) is 67.9 Å². The first-order valence-electron chi connectivity index (χ1n) is 10.8. The van der Waals surface area contributed by atoms with Crippen molar-refractivity contribution in [3.05, 3.63) is 87.8 Å². The minimum atomic E-state index is -4.43. The Balaban J connectivity index is 1.89. The second-order valence-corrected chi connectivity index (χ2v) is 8.60. The van der Waals surface area contributed by atoms with E-state index in [-0.39, 0.29) is 36.2 Å². The van der Waals surface area contributed by atoms with Crippen molar-refractivity contribution in [1.82, 2.24) is 14.9 Å². The lowest BCUT2D eigenvalue weighted by molar-refractivity contribution is -0.137. The third-order valence-electron chi connectivity index (χ3n) is 5.41. The summed E-state index contributed by atoms with van der Waals surface area (Å²) in [6.45, 7) is 4.63. The Morgan fingerprint density at radius 1 is 1.12 bits per heavy atom. The molecule has 5 nitrogen and oxygen atoms in total. The summed E-state index contributed by atoms with van der Waals surface area (Å²) in [5.74, 6) is 0.223. The molecule has 0 bridgehead atoms. The molecule has 1 N–H and O–H groups in total. The fourth-order valence-electron chi connectivity index (χ4n) is 3.50. The van der Waals surface area contributed by atoms with E-state index in [1.165, 1.54) is 17.8 Å². The lowest BCUT2D eigenvalue weighted by atomic mass is 10.0. The first-order chi connectivity index (χ1) is 16.1. The van der Waals surface area contributed by atoms with Crippen LogP contribution in [-0.4, -0.2) is 34.4 Å². The molecule has 0 radical (unpaired) electrons. The van der Waals surface area contributed by atoms with E-state index in [0.29, 0.717) is 11.5 Å². The molecule has 180 valence electrons. The molecule has 2 aromatic carbocycles. The highest BCUT2D eigenvalue weighted by atomic mass is 35.5. The van der Waals surface area contributed by atoms with Crippen molar-refractivity contribution >= 4 is 23.3 Å². The number of amides is 1. The van der Waals surface area contributed by atoms with Crippen molar-refractivity contribution in [2.24, 2.45) is 0 Å². The molecule has 1 aromatic heterocycles. The number of nitrogens with one attached hydrogen (secondary N) is 1. The summed E-state index contributed by atoms with van der Waals surface area (Å²) in [5, 5.41) is 2.91. The molecule has 0 fully saturated rings. The lowest BCUT2D eigenvalue weighted by Crippen LogP contribution is -2.34. The van der Waals surface area contributed by atoms with Crippen LogP contribution >= 0.6 is 11.6 Å². The van der Waals surface area contributed by atoms with E-state index in [2.05, 4.69) is 29.1 Å². The zero-order valence-corrected chi connectivity index (χ0v) is 19.9. The molecular formula is C25H26ClF3N4O. The van der Waals surface area contributed by atoms with Gasteiger partial charge in [0.05, 0.1) is 11.8 Å². The van der Waals surface area contributed by atoms with Crippen LogP contribution in [0.5, 0.6) is 0 Å². The van der Waals surface area contributed by atoms with Crippen molar-refractivity contribution in [3.63, 3.8) is 0 Å². The summed E-state index contributed by atoms with van der Waals surface area (Å²) >= 11 is 5.98. The molecule has 1 amide bonds. The zero-order chi connectivity index (χ0) is 24.9. The van der Waals surface area contributed by atoms with Crippen LogP contribution in [0.2, 0.25) is 5.15 Å². The average molecular weight is 491 g/mol. The van der Waals surface area contributed by atoms with E-state index in [4.69, 9.17) is 11.6 Å². The van der Waals surface area contributed by atoms with Gasteiger partial charge in [0.2, 0.25) is 0 Å². The van der Waals surface area contributed by atoms with Gasteiger partial charge < -0.3 is 10.2 Å². The molecule has 0 aliphatic carbocycles. The van der Waals surface area contributed by atoms with Gasteiger partial charge in [-0.3, -0.25) is 4.79 Å². The van der Waals surface area contributed by atoms with Gasteiger partial charge in [0.25, 0.3) is 5.91 Å². The van der Waals surface area contributed by atoms with Crippen LogP contribution in [0.4, 0.5) is 19.0 Å². The molecule has 0 spiro atoms. The highest BCUT2D eigenvalue weighted by molar-refractivity contribution is 6.29. The number of alkyl halides is 3. The van der Waals surface area contributed by atoms with E-state index < -0.39 is 17.6 Å². The molecule has 3 aromatic rings. The molecule has 3 rings (SSSR count). The maximum absolute atomic E-state index is 13.4. The Labute approximate surface area is 202 Å². The van der Waals surface area contributed by atoms with Crippen molar-refractivity contribution in [2.45, 2.75) is 38.9 Å². The molecule has 1 heterocycles. The lowest BCUT2D eigenvalue weighted by Gasteiger charge is -2.24. The van der Waals surface area contributed by atoms with Gasteiger partial charge in [-0.05, 0) is 35.1 Å². The number of hydrogen-bond donors (Lipinski definition) is 1. The molecule has 0 unspecified atom stereocenters. The average Bonchev–Trinajstić information content (AvgIpc) is 2.81. The highest BCUT2D eigenvalue weighted by Crippen LogP contribution is 2.29. The first kappa shape index (κ1) is 25.5. The highest BCUT2D eigenvalue weighted by Gasteiger charge is 2.30. The van der Waals surface area contributed by atoms with Crippen LogP contribution in [0, 0.1) is 0 Å². The third-order valence-corrected chi connectivity index (χ3v) is 5.60. The standard InChI is InChI=1S/C25H26ClF3N4O/c1-16(2)19-9-7-18(8-10-19)15-33(24(34)22-23(30-3)31-14-21(26)32-22)12-11-17-5-4-6-20(13-17)25(27,28)29/h4-10,13-14,16H,11-12,15H2,1-3H3,(H,30,31). The SMILES string of the molecule is CNc1ncc(Cl)nc1C(=O)N(CCc1cccc(C(F)(F)F)c1)Cc1ccc(C(C)C)cc1. The molecule has 9 heteroatoms. The number of halogens is 4. The van der Waals surface area contributed by atoms with Crippen LogP contribution in [0.1, 0.15) is 52.5 Å². The van der Waals surface area contributed by atoms with Gasteiger partial charge in [-0.25, -0.2) is 9.97 Å². The van der Waals surface area contributed by atoms with Crippen LogP contribution in [-0.2, 0) is 19.1 Å². The smallest absolute Gasteiger partial charge is 0.371 e. The summed E-state index contributed by atoms with van der Waals surface area (Å²) in [5.41, 5.74) is 1.88. The molecule has 0 atom stereocenters. The van der Waals surface area contributed by atoms with Gasteiger partial charge in [0.15, 0.2) is 11.5 Å². The van der Waals surface area contributed by atoms with Crippen molar-refractivity contribution in [1.29, 1.82) is 0 Å². The Morgan fingerprint density at radius 2 is 1.82 bits per heavy atom. The predicted molar refractivity (Wildman–Crippen MR) is 127 cm³/mol. The monoisotopic (exact) mass is 490 g/mol. The summed E-state index contributed by atoms with van der Waals surface area (Å²) in [7, 11) is 1.62. The summed E-state index contributed by atoms with van der Waals surface area (Å²) < 4.78 is 39.3. The van der Waals surface area contributed by atoms with Crippen molar-refractivity contribution in [2.75, 3.05) is 18.9 Å². The Hall–Kier alpha value is -3.13. The topological polar surface area (TPSA) is 58.1 Å². The molecular weight excluding hydrogens is 465 g/mol. The van der Waals surface area contributed by atoms with Crippen LogP contribution in [0.25, 0.3) is 0 Å². The minimum Gasteiger partial charge on any atom is -0.371 e. The van der Waals surface area contributed by atoms with Gasteiger partial charge in [-0.2, -0.15) is 13.2 Å². The quantitative estimate of drug-likeness (QED) is 0.408. The van der Waals surface area contributed by atoms with Gasteiger partial charge in [-0.15, -0.1) is 0 Å². The maximum atomic E-state index is 13.4. The largest absolute Gasteiger partial charge is 0.416 e. The summed E-state index contributed by atoms with van der Waals surface area (Å²) in [6, 6.07) is 13.0. The van der Waals surface area contributed by atoms with E-state index in [1.54, 1.807) is 18.0 Å². The number of benzene rings is 2. The number of aromatic nitrogens is 2. The molecule has 0 aliphatic heterocycles. The number of carbonyl (C=O) groups excluding carboxylic acids is 1. The Kier molecular flexibility index (Phi) is 8.15. The third kappa shape index (κ3) is 6.47. The summed E-state index contributed by atoms with van der Waals surface area (Å²) in [4.78, 5) is 23.3. The number of nitrogens with zero attached hydrogens (tertiary/aromatic N) is 3. The van der Waals surface area contributed by atoms with Gasteiger partial charge in [0.1, 0.15) is 5.15 Å². The van der Waals surface area contributed by atoms with E-state index >= 15 is 0 Å². The molecule has 0 saturated heterocycles. The zero-order valence-electron chi connectivity index (χ0n) is 19.2. The predicted octanol–water partition coefficient (Wildman–Crippen LogP) is 6.20. The normalized spacial score (nSPS) is 11.5. The number of rotatable bonds is 8. The maximum Gasteiger partial charge on any atom is 0.416 e. The Bertz CT molecular complexity index is 1130. The van der Waals surface area contributed by atoms with Crippen molar-refractivity contribution < 1.29 is 18.0 Å². The van der Waals surface area contributed by atoms with E-state index in [1.807, 2.05) is 24.3 Å². The Morgan fingerprint density at radius 3 is 2.44 bits per heavy atom. The molecule has 0 saturated carbocycles. The van der Waals surface area contributed by atoms with Crippen molar-refractivity contribution in [3.8, 4) is 0 Å². The van der Waals surface area contributed by atoms with E-state index in [9.17, 15) is 18.0 Å². The summed E-state index contributed by atoms with van der Waals surface area (Å²) in [6.07, 6.45) is -2.86. The van der Waals surface area contributed by atoms with Gasteiger partial charge in [0, 0.05) is 20.1 Å². The molecule has 34 heavy (non-hydrogen) atoms. The fourth-order valence-corrected chi connectivity index (χ4v) is 3.63. The van der Waals surface area contributed by atoms with Crippen LogP contribution < -0.4 is 5.32 Å². The number of anilines is 1. The fraction of sp³-hybridized carbons (Fsp3) is 0.320. The van der Waals surface area contributed by atoms with E-state index in [0.717, 1.165) is 17.7 Å². The van der Waals surface area contributed by atoms with Crippen LogP contribution in [0.15, 0.2) is 54.7 Å². The molecule has 0 aliphatic rings.